The summed E-state index contributed by atoms with van der Waals surface area (Å²) >= 11 is 0. The Bertz CT molecular complexity index is 411. The van der Waals surface area contributed by atoms with Gasteiger partial charge in [0.2, 0.25) is 5.91 Å². The minimum absolute atomic E-state index is 0.0478. The maximum absolute atomic E-state index is 12.0. The van der Waals surface area contributed by atoms with E-state index in [9.17, 15) is 14.2 Å². The van der Waals surface area contributed by atoms with E-state index in [-0.39, 0.29) is 19.6 Å². The molecule has 1 fully saturated rings. The number of hydrogen-bond acceptors (Lipinski definition) is 6. The molecule has 1 rings (SSSR count). The Morgan fingerprint density at radius 3 is 2.74 bits per heavy atom. The normalized spacial score (nSPS) is 29.6. The molecule has 0 aliphatic carbocycles. The first-order chi connectivity index (χ1) is 8.68. The van der Waals surface area contributed by atoms with Crippen LogP contribution in [-0.4, -0.2) is 38.2 Å². The predicted octanol–water partition coefficient (Wildman–Crippen LogP) is 0.174. The number of esters is 1. The monoisotopic (exact) mass is 294 g/mol. The second-order valence-electron chi connectivity index (χ2n) is 4.90. The number of nitrogens with two attached hydrogens (primary N) is 1. The minimum Gasteiger partial charge on any atom is -0.469 e. The van der Waals surface area contributed by atoms with Gasteiger partial charge < -0.3 is 10.1 Å². The van der Waals surface area contributed by atoms with Crippen molar-refractivity contribution in [2.45, 2.75) is 26.4 Å². The van der Waals surface area contributed by atoms with Crippen molar-refractivity contribution in [1.82, 2.24) is 5.32 Å². The van der Waals surface area contributed by atoms with Crippen molar-refractivity contribution >= 4 is 19.6 Å². The quantitative estimate of drug-likeness (QED) is 0.560. The summed E-state index contributed by atoms with van der Waals surface area (Å²) < 4.78 is 25.9. The molecule has 1 amide bonds. The second-order valence-corrected chi connectivity index (χ2v) is 6.45. The number of carbonyl (C=O) groups is 2. The van der Waals surface area contributed by atoms with Gasteiger partial charge in [-0.3, -0.25) is 18.6 Å². The van der Waals surface area contributed by atoms with Crippen LogP contribution in [0.3, 0.4) is 0 Å². The van der Waals surface area contributed by atoms with Gasteiger partial charge in [-0.05, 0) is 0 Å². The molecule has 19 heavy (non-hydrogen) atoms. The lowest BCUT2D eigenvalue weighted by molar-refractivity contribution is -0.141. The molecule has 8 nitrogen and oxygen atoms in total. The fraction of sp³-hybridized carbons (Fsp3) is 0.800. The van der Waals surface area contributed by atoms with Crippen molar-refractivity contribution in [2.75, 3.05) is 20.3 Å². The average Bonchev–Trinajstić information content (AvgIpc) is 2.32. The first-order valence-corrected chi connectivity index (χ1v) is 7.35. The van der Waals surface area contributed by atoms with Gasteiger partial charge in [0.05, 0.1) is 20.1 Å². The van der Waals surface area contributed by atoms with Crippen LogP contribution < -0.4 is 10.8 Å². The van der Waals surface area contributed by atoms with Crippen LogP contribution in [0.15, 0.2) is 0 Å². The summed E-state index contributed by atoms with van der Waals surface area (Å²) in [4.78, 5) is 22.9. The fourth-order valence-electron chi connectivity index (χ4n) is 1.54. The summed E-state index contributed by atoms with van der Waals surface area (Å²) in [6, 6.07) is 0. The van der Waals surface area contributed by atoms with E-state index >= 15 is 0 Å². The highest BCUT2D eigenvalue weighted by Crippen LogP contribution is 2.50. The van der Waals surface area contributed by atoms with E-state index < -0.39 is 31.1 Å². The molecule has 1 aliphatic heterocycles. The lowest BCUT2D eigenvalue weighted by atomic mass is 9.87. The molecule has 9 heteroatoms. The topological polar surface area (TPSA) is 117 Å². The highest BCUT2D eigenvalue weighted by Gasteiger charge is 2.46. The van der Waals surface area contributed by atoms with Crippen LogP contribution in [0.2, 0.25) is 0 Å². The molecule has 0 aromatic heterocycles. The Labute approximate surface area is 111 Å². The molecule has 1 saturated heterocycles. The molecule has 1 heterocycles. The van der Waals surface area contributed by atoms with Crippen LogP contribution in [0.4, 0.5) is 0 Å². The van der Waals surface area contributed by atoms with Gasteiger partial charge in [-0.2, -0.15) is 0 Å². The maximum atomic E-state index is 12.0. The summed E-state index contributed by atoms with van der Waals surface area (Å²) in [7, 11) is -2.42. The van der Waals surface area contributed by atoms with Crippen LogP contribution in [0.5, 0.6) is 0 Å². The lowest BCUT2D eigenvalue weighted by Crippen LogP contribution is -2.50. The molecule has 2 atom stereocenters. The van der Waals surface area contributed by atoms with Crippen molar-refractivity contribution < 1.29 is 27.9 Å². The molecule has 3 N–H and O–H groups in total. The number of amides is 1. The Morgan fingerprint density at radius 2 is 2.16 bits per heavy atom. The summed E-state index contributed by atoms with van der Waals surface area (Å²) in [6.45, 7) is 3.63. The van der Waals surface area contributed by atoms with Gasteiger partial charge in [0, 0.05) is 12.0 Å². The molecule has 1 unspecified atom stereocenters. The standard InChI is InChI=1S/C10H19N2O6P/c1-10(2)6-17-19(11,15)18-8(10)9(14)12-5-4-7(13)16-3/h8H,4-6H2,1-3H3,(H2,11,15)(H,12,14)/t8-,19?/m0/s1. The van der Waals surface area contributed by atoms with Gasteiger partial charge in [-0.15, -0.1) is 0 Å². The third kappa shape index (κ3) is 4.58. The van der Waals surface area contributed by atoms with Gasteiger partial charge in [-0.1, -0.05) is 13.8 Å². The SMILES string of the molecule is COC(=O)CCNC(=O)[C@@H]1OP(N)(=O)OCC1(C)C. The zero-order valence-electron chi connectivity index (χ0n) is 11.2. The molecule has 0 radical (unpaired) electrons. The summed E-state index contributed by atoms with van der Waals surface area (Å²) in [5, 5.41) is 2.51. The number of nitrogens with one attached hydrogen (secondary N) is 1. The number of rotatable bonds is 4. The third-order valence-corrected chi connectivity index (χ3v) is 3.67. The Hall–Kier alpha value is -0.950. The second kappa shape index (κ2) is 6.00. The molecule has 1 aliphatic rings. The summed E-state index contributed by atoms with van der Waals surface area (Å²) in [6.07, 6.45) is -0.943. The predicted molar refractivity (Wildman–Crippen MR) is 66.0 cm³/mol. The molecular formula is C10H19N2O6P. The molecule has 0 spiro atoms. The van der Waals surface area contributed by atoms with Crippen LogP contribution >= 0.6 is 7.75 Å². The van der Waals surface area contributed by atoms with E-state index in [1.165, 1.54) is 7.11 Å². The molecule has 0 saturated carbocycles. The maximum Gasteiger partial charge on any atom is 0.403 e. The number of carbonyl (C=O) groups excluding carboxylic acids is 2. The van der Waals surface area contributed by atoms with E-state index in [2.05, 4.69) is 10.1 Å². The molecule has 110 valence electrons. The van der Waals surface area contributed by atoms with Crippen molar-refractivity contribution in [1.29, 1.82) is 0 Å². The van der Waals surface area contributed by atoms with Gasteiger partial charge in [0.25, 0.3) is 0 Å². The van der Waals surface area contributed by atoms with Gasteiger partial charge in [-0.25, -0.2) is 10.1 Å². The van der Waals surface area contributed by atoms with Crippen LogP contribution in [0, 0.1) is 5.41 Å². The third-order valence-electron chi connectivity index (χ3n) is 2.67. The van der Waals surface area contributed by atoms with Gasteiger partial charge >= 0.3 is 13.7 Å². The molecule has 0 aromatic carbocycles. The smallest absolute Gasteiger partial charge is 0.403 e. The molecular weight excluding hydrogens is 275 g/mol. The number of methoxy groups -OCH3 is 1. The first-order valence-electron chi connectivity index (χ1n) is 5.74. The van der Waals surface area contributed by atoms with Gasteiger partial charge in [0.1, 0.15) is 0 Å². The Kier molecular flexibility index (Phi) is 5.09. The zero-order chi connectivity index (χ0) is 14.7. The van der Waals surface area contributed by atoms with E-state index in [0.717, 1.165) is 0 Å². The fourth-order valence-corrected chi connectivity index (χ4v) is 2.79. The highest BCUT2D eigenvalue weighted by molar-refractivity contribution is 7.51. The number of hydrogen-bond donors (Lipinski definition) is 2. The first kappa shape index (κ1) is 16.1. The number of ether oxygens (including phenoxy) is 1. The Morgan fingerprint density at radius 1 is 1.53 bits per heavy atom. The van der Waals surface area contributed by atoms with E-state index in [0.29, 0.717) is 0 Å². The van der Waals surface area contributed by atoms with Crippen molar-refractivity contribution in [3.63, 3.8) is 0 Å². The van der Waals surface area contributed by atoms with E-state index in [4.69, 9.17) is 14.6 Å². The lowest BCUT2D eigenvalue weighted by Gasteiger charge is -2.38. The summed E-state index contributed by atoms with van der Waals surface area (Å²) in [5.74, 6) is -0.917. The Balaban J connectivity index is 2.58. The average molecular weight is 294 g/mol. The minimum atomic E-state index is -3.69. The summed E-state index contributed by atoms with van der Waals surface area (Å²) in [5.41, 5.74) is 4.62. The van der Waals surface area contributed by atoms with Gasteiger partial charge in [0.15, 0.2) is 6.10 Å². The van der Waals surface area contributed by atoms with Crippen molar-refractivity contribution in [3.05, 3.63) is 0 Å². The van der Waals surface area contributed by atoms with Crippen molar-refractivity contribution in [3.8, 4) is 0 Å². The van der Waals surface area contributed by atoms with Crippen molar-refractivity contribution in [2.24, 2.45) is 10.9 Å². The zero-order valence-corrected chi connectivity index (χ0v) is 12.1. The van der Waals surface area contributed by atoms with Crippen LogP contribution in [0.25, 0.3) is 0 Å². The van der Waals surface area contributed by atoms with E-state index in [1.54, 1.807) is 13.8 Å². The van der Waals surface area contributed by atoms with E-state index in [1.807, 2.05) is 0 Å². The van der Waals surface area contributed by atoms with Crippen LogP contribution in [0.1, 0.15) is 20.3 Å². The molecule has 0 bridgehead atoms. The highest BCUT2D eigenvalue weighted by atomic mass is 31.2. The molecule has 0 aromatic rings. The van der Waals surface area contributed by atoms with Crippen LogP contribution in [-0.2, 0) is 27.9 Å². The largest absolute Gasteiger partial charge is 0.469 e.